The molecule has 0 aliphatic carbocycles. The Balaban J connectivity index is 2.71. The van der Waals surface area contributed by atoms with Gasteiger partial charge in [0.05, 0.1) is 18.0 Å². The van der Waals surface area contributed by atoms with Gasteiger partial charge in [-0.3, -0.25) is 4.40 Å². The summed E-state index contributed by atoms with van der Waals surface area (Å²) < 4.78 is 1.84. The van der Waals surface area contributed by atoms with Gasteiger partial charge in [0, 0.05) is 0 Å². The molecule has 5 heteroatoms. The molecule has 3 aromatic heterocycles. The Hall–Kier alpha value is -1.91. The maximum Gasteiger partial charge on any atom is 0.161 e. The Morgan fingerprint density at radius 1 is 1.25 bits per heavy atom. The molecule has 0 bridgehead atoms. The molecule has 0 aromatic carbocycles. The zero-order valence-electron chi connectivity index (χ0n) is 6.10. The molecular formula is C7H5N5. The second-order valence-electron chi connectivity index (χ2n) is 2.53. The van der Waals surface area contributed by atoms with Crippen molar-refractivity contribution in [2.24, 2.45) is 0 Å². The van der Waals surface area contributed by atoms with Crippen LogP contribution in [0, 0.1) is 0 Å². The molecule has 3 aromatic rings. The van der Waals surface area contributed by atoms with Crippen molar-refractivity contribution in [2.75, 3.05) is 0 Å². The van der Waals surface area contributed by atoms with E-state index in [1.807, 2.05) is 4.40 Å². The van der Waals surface area contributed by atoms with Crippen molar-refractivity contribution in [3.63, 3.8) is 0 Å². The monoisotopic (exact) mass is 159 g/mol. The third kappa shape index (κ3) is 0.554. The van der Waals surface area contributed by atoms with Crippen molar-refractivity contribution in [3.8, 4) is 0 Å². The number of imidazole rings is 2. The van der Waals surface area contributed by atoms with E-state index in [9.17, 15) is 0 Å². The highest BCUT2D eigenvalue weighted by molar-refractivity contribution is 5.86. The van der Waals surface area contributed by atoms with Crippen LogP contribution < -0.4 is 0 Å². The molecule has 0 radical (unpaired) electrons. The molecule has 5 nitrogen and oxygen atoms in total. The predicted octanol–water partition coefficient (Wildman–Crippen LogP) is 0.606. The first-order valence-corrected chi connectivity index (χ1v) is 3.55. The number of nitrogens with zero attached hydrogens (tertiary/aromatic N) is 4. The Bertz CT molecular complexity index is 485. The summed E-state index contributed by atoms with van der Waals surface area (Å²) in [7, 11) is 0. The summed E-state index contributed by atoms with van der Waals surface area (Å²) in [5.74, 6) is 0. The first-order chi connectivity index (χ1) is 5.95. The van der Waals surface area contributed by atoms with Gasteiger partial charge in [-0.05, 0) is 0 Å². The minimum absolute atomic E-state index is 0.794. The van der Waals surface area contributed by atoms with Crippen LogP contribution in [0.2, 0.25) is 0 Å². The van der Waals surface area contributed by atoms with E-state index in [1.165, 1.54) is 0 Å². The van der Waals surface area contributed by atoms with Crippen LogP contribution >= 0.6 is 0 Å². The van der Waals surface area contributed by atoms with E-state index in [-0.39, 0.29) is 0 Å². The maximum absolute atomic E-state index is 4.15. The maximum atomic E-state index is 4.15. The van der Waals surface area contributed by atoms with Crippen LogP contribution in [0.4, 0.5) is 0 Å². The van der Waals surface area contributed by atoms with Crippen LogP contribution in [0.15, 0.2) is 25.2 Å². The molecule has 0 aliphatic rings. The Labute approximate surface area is 67.1 Å². The van der Waals surface area contributed by atoms with E-state index >= 15 is 0 Å². The molecule has 3 heterocycles. The zero-order chi connectivity index (χ0) is 7.97. The van der Waals surface area contributed by atoms with E-state index < -0.39 is 0 Å². The number of H-pyrrole nitrogens is 1. The van der Waals surface area contributed by atoms with E-state index in [0.29, 0.717) is 0 Å². The lowest BCUT2D eigenvalue weighted by atomic mass is 10.4. The van der Waals surface area contributed by atoms with Gasteiger partial charge < -0.3 is 4.98 Å². The number of fused-ring (bicyclic) bond motifs is 3. The van der Waals surface area contributed by atoms with Gasteiger partial charge in [0.15, 0.2) is 5.65 Å². The number of nitrogens with one attached hydrogen (secondary N) is 1. The third-order valence-electron chi connectivity index (χ3n) is 1.84. The van der Waals surface area contributed by atoms with Gasteiger partial charge in [-0.2, -0.15) is 0 Å². The molecule has 58 valence electrons. The molecule has 0 amide bonds. The predicted molar refractivity (Wildman–Crippen MR) is 42.6 cm³/mol. The Morgan fingerprint density at radius 3 is 3.25 bits per heavy atom. The van der Waals surface area contributed by atoms with Crippen molar-refractivity contribution in [1.82, 2.24) is 24.3 Å². The van der Waals surface area contributed by atoms with Crippen LogP contribution in [0.1, 0.15) is 0 Å². The van der Waals surface area contributed by atoms with Crippen molar-refractivity contribution in [2.45, 2.75) is 0 Å². The van der Waals surface area contributed by atoms with Gasteiger partial charge in [0.1, 0.15) is 18.2 Å². The quantitative estimate of drug-likeness (QED) is 0.522. The fourth-order valence-corrected chi connectivity index (χ4v) is 1.27. The van der Waals surface area contributed by atoms with Gasteiger partial charge >= 0.3 is 0 Å². The minimum Gasteiger partial charge on any atom is -0.329 e. The van der Waals surface area contributed by atoms with Crippen LogP contribution in [0.3, 0.4) is 0 Å². The summed E-state index contributed by atoms with van der Waals surface area (Å²) in [5.41, 5.74) is 2.62. The van der Waals surface area contributed by atoms with Gasteiger partial charge in [-0.15, -0.1) is 0 Å². The molecule has 0 saturated heterocycles. The molecule has 0 saturated carbocycles. The second kappa shape index (κ2) is 1.82. The lowest BCUT2D eigenvalue weighted by molar-refractivity contribution is 1.09. The van der Waals surface area contributed by atoms with Crippen molar-refractivity contribution < 1.29 is 0 Å². The molecule has 3 rings (SSSR count). The Morgan fingerprint density at radius 2 is 2.25 bits per heavy atom. The average Bonchev–Trinajstić information content (AvgIpc) is 2.71. The second-order valence-corrected chi connectivity index (χ2v) is 2.53. The number of aromatic nitrogens is 5. The Kier molecular flexibility index (Phi) is 0.864. The van der Waals surface area contributed by atoms with Crippen molar-refractivity contribution in [3.05, 3.63) is 25.2 Å². The fourth-order valence-electron chi connectivity index (χ4n) is 1.27. The smallest absolute Gasteiger partial charge is 0.161 e. The first-order valence-electron chi connectivity index (χ1n) is 3.55. The lowest BCUT2D eigenvalue weighted by Crippen LogP contribution is -1.85. The number of hydrogen-bond acceptors (Lipinski definition) is 3. The highest BCUT2D eigenvalue weighted by Gasteiger charge is 2.02. The van der Waals surface area contributed by atoms with E-state index in [1.54, 1.807) is 25.2 Å². The number of aromatic amines is 1. The topological polar surface area (TPSA) is 58.9 Å². The summed E-state index contributed by atoms with van der Waals surface area (Å²) in [4.78, 5) is 15.2. The average molecular weight is 159 g/mol. The van der Waals surface area contributed by atoms with Crippen molar-refractivity contribution in [1.29, 1.82) is 0 Å². The largest absolute Gasteiger partial charge is 0.329 e. The standard InChI is InChI=1S/C7H5N5/c1-5-6-7(10-2-9-6)11-4-12(5)3-8-1/h1-4H,(H,9,10). The summed E-state index contributed by atoms with van der Waals surface area (Å²) in [6.45, 7) is 0. The summed E-state index contributed by atoms with van der Waals surface area (Å²) in [6, 6.07) is 0. The molecule has 12 heavy (non-hydrogen) atoms. The number of hydrogen-bond donors (Lipinski definition) is 1. The highest BCUT2D eigenvalue weighted by atomic mass is 15.1. The van der Waals surface area contributed by atoms with Gasteiger partial charge in [-0.1, -0.05) is 0 Å². The minimum atomic E-state index is 0.794. The summed E-state index contributed by atoms with van der Waals surface area (Å²) >= 11 is 0. The molecule has 0 aliphatic heterocycles. The normalized spacial score (nSPS) is 11.3. The third-order valence-corrected chi connectivity index (χ3v) is 1.84. The van der Waals surface area contributed by atoms with Crippen LogP contribution in [0.5, 0.6) is 0 Å². The summed E-state index contributed by atoms with van der Waals surface area (Å²) in [6.07, 6.45) is 6.81. The van der Waals surface area contributed by atoms with E-state index in [0.717, 1.165) is 16.7 Å². The van der Waals surface area contributed by atoms with Gasteiger partial charge in [-0.25, -0.2) is 15.0 Å². The van der Waals surface area contributed by atoms with Gasteiger partial charge in [0.25, 0.3) is 0 Å². The molecule has 0 unspecified atom stereocenters. The summed E-state index contributed by atoms with van der Waals surface area (Å²) in [5, 5.41) is 0. The highest BCUT2D eigenvalue weighted by Crippen LogP contribution is 2.11. The van der Waals surface area contributed by atoms with Crippen LogP contribution in [-0.4, -0.2) is 24.3 Å². The fraction of sp³-hybridized carbons (Fsp3) is 0. The molecule has 0 spiro atoms. The number of rotatable bonds is 0. The molecule has 1 N–H and O–H groups in total. The van der Waals surface area contributed by atoms with Crippen LogP contribution in [-0.2, 0) is 0 Å². The molecule has 0 atom stereocenters. The lowest BCUT2D eigenvalue weighted by Gasteiger charge is -1.91. The van der Waals surface area contributed by atoms with E-state index in [2.05, 4.69) is 19.9 Å². The van der Waals surface area contributed by atoms with E-state index in [4.69, 9.17) is 0 Å². The first kappa shape index (κ1) is 5.70. The molecule has 0 fully saturated rings. The molecular weight excluding hydrogens is 154 g/mol. The van der Waals surface area contributed by atoms with Crippen LogP contribution in [0.25, 0.3) is 16.7 Å². The van der Waals surface area contributed by atoms with Gasteiger partial charge in [0.2, 0.25) is 0 Å². The van der Waals surface area contributed by atoms with Crippen molar-refractivity contribution >= 4 is 16.7 Å². The zero-order valence-corrected chi connectivity index (χ0v) is 6.10. The SMILES string of the molecule is c1nc2c(ncn3cncc23)[nH]1.